The molecule has 0 saturated carbocycles. The number of aliphatic carboxylic acids is 1. The normalized spacial score (nSPS) is 11.2. The van der Waals surface area contributed by atoms with Gasteiger partial charge in [0, 0.05) is 11.1 Å². The number of ketones is 1. The van der Waals surface area contributed by atoms with E-state index in [4.69, 9.17) is 5.11 Å². The van der Waals surface area contributed by atoms with Crippen molar-refractivity contribution >= 4 is 17.8 Å². The SMILES string of the molecule is O.O=C(O)Cc1cc(C(=O)C=Cc2ccc(C(F)(F)F)cc2)ccc1O. The Morgan fingerprint density at radius 3 is 2.19 bits per heavy atom. The Morgan fingerprint density at radius 2 is 1.65 bits per heavy atom. The highest BCUT2D eigenvalue weighted by atomic mass is 19.4. The minimum Gasteiger partial charge on any atom is -0.508 e. The molecule has 138 valence electrons. The lowest BCUT2D eigenvalue weighted by Gasteiger charge is -2.06. The number of hydrogen-bond acceptors (Lipinski definition) is 3. The molecule has 0 saturated heterocycles. The van der Waals surface area contributed by atoms with Gasteiger partial charge in [-0.2, -0.15) is 13.2 Å². The molecule has 0 heterocycles. The second-order valence-electron chi connectivity index (χ2n) is 5.23. The summed E-state index contributed by atoms with van der Waals surface area (Å²) in [6.07, 6.45) is -2.34. The maximum absolute atomic E-state index is 12.5. The van der Waals surface area contributed by atoms with Crippen LogP contribution in [0, 0.1) is 0 Å². The molecule has 0 bridgehead atoms. The lowest BCUT2D eigenvalue weighted by atomic mass is 10.0. The first-order valence-corrected chi connectivity index (χ1v) is 7.10. The number of carbonyl (C=O) groups excluding carboxylic acids is 1. The molecule has 2 aromatic rings. The van der Waals surface area contributed by atoms with E-state index in [1.165, 1.54) is 42.5 Å². The summed E-state index contributed by atoms with van der Waals surface area (Å²) >= 11 is 0. The molecule has 0 fully saturated rings. The Balaban J connectivity index is 0.00000338. The largest absolute Gasteiger partial charge is 0.508 e. The van der Waals surface area contributed by atoms with Crippen molar-refractivity contribution in [1.29, 1.82) is 0 Å². The molecular formula is C18H15F3O5. The maximum atomic E-state index is 12.5. The van der Waals surface area contributed by atoms with Crippen molar-refractivity contribution in [3.05, 3.63) is 70.8 Å². The van der Waals surface area contributed by atoms with Crippen LogP contribution in [0.1, 0.15) is 27.0 Å². The van der Waals surface area contributed by atoms with Crippen LogP contribution in [0.5, 0.6) is 5.75 Å². The lowest BCUT2D eigenvalue weighted by molar-refractivity contribution is -0.138. The van der Waals surface area contributed by atoms with Gasteiger partial charge in [-0.1, -0.05) is 18.2 Å². The summed E-state index contributed by atoms with van der Waals surface area (Å²) in [6, 6.07) is 8.12. The highest BCUT2D eigenvalue weighted by molar-refractivity contribution is 6.07. The first-order valence-electron chi connectivity index (χ1n) is 7.10. The fraction of sp³-hybridized carbons (Fsp3) is 0.111. The summed E-state index contributed by atoms with van der Waals surface area (Å²) in [5.41, 5.74) is -0.114. The molecule has 8 heteroatoms. The number of aromatic hydroxyl groups is 1. The van der Waals surface area contributed by atoms with Crippen LogP contribution >= 0.6 is 0 Å². The van der Waals surface area contributed by atoms with Crippen LogP contribution in [0.3, 0.4) is 0 Å². The minimum absolute atomic E-state index is 0. The number of benzene rings is 2. The number of phenols is 1. The predicted molar refractivity (Wildman–Crippen MR) is 87.9 cm³/mol. The lowest BCUT2D eigenvalue weighted by Crippen LogP contribution is -2.04. The number of allylic oxidation sites excluding steroid dienone is 1. The zero-order chi connectivity index (χ0) is 18.6. The summed E-state index contributed by atoms with van der Waals surface area (Å²) in [4.78, 5) is 22.8. The Kier molecular flexibility index (Phi) is 6.68. The number of halogens is 3. The molecule has 5 nitrogen and oxygen atoms in total. The fourth-order valence-electron chi connectivity index (χ4n) is 2.09. The second-order valence-corrected chi connectivity index (χ2v) is 5.23. The summed E-state index contributed by atoms with van der Waals surface area (Å²) in [5.74, 6) is -1.85. The van der Waals surface area contributed by atoms with E-state index >= 15 is 0 Å². The van der Waals surface area contributed by atoms with E-state index in [0.717, 1.165) is 12.1 Å². The standard InChI is InChI=1S/C18H13F3O4.H2O/c19-18(20,21)14-5-1-11(2-6-14)3-7-15(22)12-4-8-16(23)13(9-12)10-17(24)25;/h1-9,23H,10H2,(H,24,25);1H2. The molecule has 0 aliphatic carbocycles. The quantitative estimate of drug-likeness (QED) is 0.625. The fourth-order valence-corrected chi connectivity index (χ4v) is 2.09. The molecule has 0 spiro atoms. The molecule has 0 radical (unpaired) electrons. The van der Waals surface area contributed by atoms with Gasteiger partial charge in [0.05, 0.1) is 12.0 Å². The van der Waals surface area contributed by atoms with Crippen LogP contribution in [-0.4, -0.2) is 27.4 Å². The molecule has 4 N–H and O–H groups in total. The molecule has 0 aromatic heterocycles. The molecule has 0 amide bonds. The third kappa shape index (κ3) is 5.45. The zero-order valence-electron chi connectivity index (χ0n) is 13.2. The van der Waals surface area contributed by atoms with Gasteiger partial charge in [-0.05, 0) is 42.0 Å². The number of hydrogen-bond donors (Lipinski definition) is 2. The second kappa shape index (κ2) is 8.30. The van der Waals surface area contributed by atoms with E-state index < -0.39 is 29.9 Å². The van der Waals surface area contributed by atoms with Gasteiger partial charge in [0.15, 0.2) is 5.78 Å². The minimum atomic E-state index is -4.43. The van der Waals surface area contributed by atoms with Crippen molar-refractivity contribution in [1.82, 2.24) is 0 Å². The molecule has 2 aromatic carbocycles. The van der Waals surface area contributed by atoms with Crippen molar-refractivity contribution in [2.75, 3.05) is 0 Å². The maximum Gasteiger partial charge on any atom is 0.416 e. The molecule has 0 unspecified atom stereocenters. The van der Waals surface area contributed by atoms with Gasteiger partial charge in [0.2, 0.25) is 0 Å². The van der Waals surface area contributed by atoms with Crippen molar-refractivity contribution in [3.63, 3.8) is 0 Å². The molecule has 0 atom stereocenters. The van der Waals surface area contributed by atoms with E-state index in [1.807, 2.05) is 0 Å². The monoisotopic (exact) mass is 368 g/mol. The van der Waals surface area contributed by atoms with Crippen LogP contribution in [0.15, 0.2) is 48.5 Å². The van der Waals surface area contributed by atoms with Crippen molar-refractivity contribution in [3.8, 4) is 5.75 Å². The van der Waals surface area contributed by atoms with Gasteiger partial charge in [-0.3, -0.25) is 9.59 Å². The van der Waals surface area contributed by atoms with Gasteiger partial charge in [-0.15, -0.1) is 0 Å². The third-order valence-electron chi connectivity index (χ3n) is 3.37. The summed E-state index contributed by atoms with van der Waals surface area (Å²) in [5, 5.41) is 18.3. The van der Waals surface area contributed by atoms with Crippen LogP contribution in [0.2, 0.25) is 0 Å². The highest BCUT2D eigenvalue weighted by Gasteiger charge is 2.29. The average molecular weight is 368 g/mol. The van der Waals surface area contributed by atoms with Crippen LogP contribution in [0.25, 0.3) is 6.08 Å². The first kappa shape index (κ1) is 20.9. The van der Waals surface area contributed by atoms with Gasteiger partial charge < -0.3 is 15.7 Å². The van der Waals surface area contributed by atoms with Gasteiger partial charge >= 0.3 is 12.1 Å². The van der Waals surface area contributed by atoms with Gasteiger partial charge in [-0.25, -0.2) is 0 Å². The summed E-state index contributed by atoms with van der Waals surface area (Å²) in [7, 11) is 0. The molecule has 26 heavy (non-hydrogen) atoms. The van der Waals surface area contributed by atoms with Crippen molar-refractivity contribution in [2.24, 2.45) is 0 Å². The van der Waals surface area contributed by atoms with Gasteiger partial charge in [0.1, 0.15) is 5.75 Å². The Labute approximate surface area is 146 Å². The molecule has 0 aliphatic rings. The predicted octanol–water partition coefficient (Wildman–Crippen LogP) is 3.11. The van der Waals surface area contributed by atoms with E-state index in [2.05, 4.69) is 0 Å². The smallest absolute Gasteiger partial charge is 0.416 e. The Hall–Kier alpha value is -3.13. The van der Waals surface area contributed by atoms with Crippen molar-refractivity contribution in [2.45, 2.75) is 12.6 Å². The number of carboxylic acids is 1. The summed E-state index contributed by atoms with van der Waals surface area (Å²) < 4.78 is 37.4. The van der Waals surface area contributed by atoms with E-state index in [1.54, 1.807) is 0 Å². The molecular weight excluding hydrogens is 353 g/mol. The van der Waals surface area contributed by atoms with Crippen LogP contribution in [-0.2, 0) is 17.4 Å². The van der Waals surface area contributed by atoms with E-state index in [-0.39, 0.29) is 22.4 Å². The number of carboxylic acid groups (broad SMARTS) is 1. The molecule has 2 rings (SSSR count). The number of alkyl halides is 3. The number of carbonyl (C=O) groups is 2. The van der Waals surface area contributed by atoms with Gasteiger partial charge in [0.25, 0.3) is 0 Å². The van der Waals surface area contributed by atoms with Crippen LogP contribution in [0.4, 0.5) is 13.2 Å². The average Bonchev–Trinajstić information content (AvgIpc) is 2.54. The van der Waals surface area contributed by atoms with Crippen LogP contribution < -0.4 is 0 Å². The Morgan fingerprint density at radius 1 is 1.04 bits per heavy atom. The number of rotatable bonds is 5. The number of phenolic OH excluding ortho intramolecular Hbond substituents is 1. The van der Waals surface area contributed by atoms with Crippen molar-refractivity contribution < 1.29 is 38.4 Å². The zero-order valence-corrected chi connectivity index (χ0v) is 13.2. The molecule has 0 aliphatic heterocycles. The van der Waals surface area contributed by atoms with E-state index in [0.29, 0.717) is 5.56 Å². The topological polar surface area (TPSA) is 106 Å². The highest BCUT2D eigenvalue weighted by Crippen LogP contribution is 2.29. The summed E-state index contributed by atoms with van der Waals surface area (Å²) in [6.45, 7) is 0. The third-order valence-corrected chi connectivity index (χ3v) is 3.37. The Bertz CT molecular complexity index is 824. The van der Waals surface area contributed by atoms with E-state index in [9.17, 15) is 27.9 Å². The first-order chi connectivity index (χ1) is 11.7.